The summed E-state index contributed by atoms with van der Waals surface area (Å²) < 4.78 is 0. The smallest absolute Gasteiger partial charge is 0.231 e. The molecule has 2 aromatic rings. The normalized spacial score (nSPS) is 22.1. The summed E-state index contributed by atoms with van der Waals surface area (Å²) in [5.41, 5.74) is 2.78. The number of nitrogens with zero attached hydrogens (tertiary/aromatic N) is 4. The first-order chi connectivity index (χ1) is 14.5. The van der Waals surface area contributed by atoms with Crippen molar-refractivity contribution in [3.63, 3.8) is 0 Å². The highest BCUT2D eigenvalue weighted by Gasteiger charge is 2.34. The molecule has 2 heterocycles. The zero-order valence-corrected chi connectivity index (χ0v) is 18.1. The SMILES string of the molecule is CNC[C@@H](C(=O)N1CCN(c2ncnc3c2[C@H](C)C[C@H]3O)CC1)c1ccc(Cl)cc1. The van der Waals surface area contributed by atoms with Crippen LogP contribution in [0.25, 0.3) is 0 Å². The number of hydrogen-bond donors (Lipinski definition) is 2. The summed E-state index contributed by atoms with van der Waals surface area (Å²) in [6.07, 6.45) is 1.71. The highest BCUT2D eigenvalue weighted by Crippen LogP contribution is 2.42. The minimum atomic E-state index is -0.513. The maximum absolute atomic E-state index is 13.3. The lowest BCUT2D eigenvalue weighted by Gasteiger charge is -2.38. The average Bonchev–Trinajstić information content (AvgIpc) is 3.06. The third kappa shape index (κ3) is 4.02. The predicted molar refractivity (Wildman–Crippen MR) is 117 cm³/mol. The van der Waals surface area contributed by atoms with Crippen molar-refractivity contribution < 1.29 is 9.90 Å². The maximum Gasteiger partial charge on any atom is 0.231 e. The van der Waals surface area contributed by atoms with E-state index in [1.807, 2.05) is 36.2 Å². The lowest BCUT2D eigenvalue weighted by molar-refractivity contribution is -0.133. The lowest BCUT2D eigenvalue weighted by atomic mass is 9.97. The number of amides is 1. The molecule has 7 nitrogen and oxygen atoms in total. The molecule has 4 rings (SSSR count). The second-order valence-electron chi connectivity index (χ2n) is 8.12. The first-order valence-corrected chi connectivity index (χ1v) is 10.8. The van der Waals surface area contributed by atoms with E-state index in [4.69, 9.17) is 11.6 Å². The van der Waals surface area contributed by atoms with E-state index in [1.165, 1.54) is 6.33 Å². The minimum Gasteiger partial charge on any atom is -0.387 e. The number of hydrogen-bond acceptors (Lipinski definition) is 6. The second kappa shape index (κ2) is 8.88. The molecule has 160 valence electrons. The maximum atomic E-state index is 13.3. The third-order valence-corrected chi connectivity index (χ3v) is 6.40. The molecule has 2 aliphatic rings. The van der Waals surface area contributed by atoms with Gasteiger partial charge in [-0.3, -0.25) is 4.79 Å². The molecule has 8 heteroatoms. The van der Waals surface area contributed by atoms with E-state index in [1.54, 1.807) is 0 Å². The molecule has 1 aliphatic carbocycles. The lowest BCUT2D eigenvalue weighted by Crippen LogP contribution is -2.51. The van der Waals surface area contributed by atoms with E-state index in [0.717, 1.165) is 22.6 Å². The molecule has 2 N–H and O–H groups in total. The van der Waals surface area contributed by atoms with Gasteiger partial charge in [0, 0.05) is 43.3 Å². The van der Waals surface area contributed by atoms with Crippen LogP contribution in [0.15, 0.2) is 30.6 Å². The van der Waals surface area contributed by atoms with Gasteiger partial charge in [0.25, 0.3) is 0 Å². The number of fused-ring (bicyclic) bond motifs is 1. The van der Waals surface area contributed by atoms with Crippen LogP contribution >= 0.6 is 11.6 Å². The minimum absolute atomic E-state index is 0.128. The fraction of sp³-hybridized carbons (Fsp3) is 0.500. The van der Waals surface area contributed by atoms with Crippen molar-refractivity contribution in [3.8, 4) is 0 Å². The van der Waals surface area contributed by atoms with Crippen molar-refractivity contribution in [1.29, 1.82) is 0 Å². The molecule has 0 spiro atoms. The number of likely N-dealkylation sites (N-methyl/N-ethyl adjacent to an activating group) is 1. The van der Waals surface area contributed by atoms with Crippen LogP contribution in [0.1, 0.15) is 48.1 Å². The predicted octanol–water partition coefficient (Wildman–Crippen LogP) is 2.32. The molecule has 1 aromatic carbocycles. The average molecular weight is 430 g/mol. The summed E-state index contributed by atoms with van der Waals surface area (Å²) in [5, 5.41) is 14.1. The Bertz CT molecular complexity index is 899. The van der Waals surface area contributed by atoms with Gasteiger partial charge in [0.1, 0.15) is 12.1 Å². The van der Waals surface area contributed by atoms with E-state index in [9.17, 15) is 9.90 Å². The van der Waals surface area contributed by atoms with Gasteiger partial charge in [0.2, 0.25) is 5.91 Å². The first kappa shape index (κ1) is 21.0. The van der Waals surface area contributed by atoms with E-state index in [2.05, 4.69) is 27.1 Å². The van der Waals surface area contributed by atoms with Crippen molar-refractivity contribution >= 4 is 23.3 Å². The van der Waals surface area contributed by atoms with Gasteiger partial charge in [0.05, 0.1) is 17.7 Å². The van der Waals surface area contributed by atoms with Crippen molar-refractivity contribution in [2.24, 2.45) is 0 Å². The standard InChI is InChI=1S/C22H28ClN5O2/c1-14-11-18(29)20-19(14)21(26-13-25-20)27-7-9-28(10-8-27)22(30)17(12-24-2)15-3-5-16(23)6-4-15/h3-6,13-14,17-18,24,29H,7-12H2,1-2H3/t14-,17-,18-/m1/s1. The number of anilines is 1. The summed E-state index contributed by atoms with van der Waals surface area (Å²) >= 11 is 6.01. The fourth-order valence-electron chi connectivity index (χ4n) is 4.56. The van der Waals surface area contributed by atoms with Crippen molar-refractivity contribution in [2.45, 2.75) is 31.3 Å². The number of halogens is 1. The summed E-state index contributed by atoms with van der Waals surface area (Å²) in [4.78, 5) is 26.3. The van der Waals surface area contributed by atoms with Gasteiger partial charge in [-0.25, -0.2) is 9.97 Å². The van der Waals surface area contributed by atoms with Crippen molar-refractivity contribution in [1.82, 2.24) is 20.2 Å². The van der Waals surface area contributed by atoms with Crippen LogP contribution < -0.4 is 10.2 Å². The highest BCUT2D eigenvalue weighted by molar-refractivity contribution is 6.30. The van der Waals surface area contributed by atoms with E-state index >= 15 is 0 Å². The van der Waals surface area contributed by atoms with Crippen LogP contribution in [-0.4, -0.2) is 65.7 Å². The number of nitrogens with one attached hydrogen (secondary N) is 1. The number of carbonyl (C=O) groups excluding carboxylic acids is 1. The zero-order chi connectivity index (χ0) is 21.3. The molecule has 1 fully saturated rings. The Labute approximate surface area is 182 Å². The van der Waals surface area contributed by atoms with Gasteiger partial charge in [-0.05, 0) is 37.1 Å². The highest BCUT2D eigenvalue weighted by atomic mass is 35.5. The summed E-state index contributed by atoms with van der Waals surface area (Å²) in [7, 11) is 1.86. The summed E-state index contributed by atoms with van der Waals surface area (Å²) in [6, 6.07) is 7.51. The molecule has 3 atom stereocenters. The van der Waals surface area contributed by atoms with E-state index in [0.29, 0.717) is 44.2 Å². The molecular weight excluding hydrogens is 402 g/mol. The number of piperazine rings is 1. The van der Waals surface area contributed by atoms with Crippen LogP contribution in [0.2, 0.25) is 5.02 Å². The zero-order valence-electron chi connectivity index (χ0n) is 17.4. The van der Waals surface area contributed by atoms with Crippen molar-refractivity contribution in [2.75, 3.05) is 44.7 Å². The van der Waals surface area contributed by atoms with Gasteiger partial charge in [-0.2, -0.15) is 0 Å². The Hall–Kier alpha value is -2.22. The molecule has 0 saturated carbocycles. The molecule has 0 radical (unpaired) electrons. The molecule has 1 saturated heterocycles. The number of benzene rings is 1. The Morgan fingerprint density at radius 3 is 2.60 bits per heavy atom. The van der Waals surface area contributed by atoms with Crippen molar-refractivity contribution in [3.05, 3.63) is 52.4 Å². The summed E-state index contributed by atoms with van der Waals surface area (Å²) in [6.45, 7) is 5.39. The quantitative estimate of drug-likeness (QED) is 0.759. The van der Waals surface area contributed by atoms with Crippen LogP contribution in [0.5, 0.6) is 0 Å². The van der Waals surface area contributed by atoms with Gasteiger partial charge >= 0.3 is 0 Å². The molecule has 1 amide bonds. The monoisotopic (exact) mass is 429 g/mol. The van der Waals surface area contributed by atoms with E-state index < -0.39 is 6.10 Å². The largest absolute Gasteiger partial charge is 0.387 e. The second-order valence-corrected chi connectivity index (χ2v) is 8.56. The van der Waals surface area contributed by atoms with Gasteiger partial charge in [-0.15, -0.1) is 0 Å². The Morgan fingerprint density at radius 2 is 1.93 bits per heavy atom. The third-order valence-electron chi connectivity index (χ3n) is 6.15. The number of carbonyl (C=O) groups is 1. The number of aliphatic hydroxyl groups excluding tert-OH is 1. The topological polar surface area (TPSA) is 81.6 Å². The Morgan fingerprint density at radius 1 is 1.23 bits per heavy atom. The van der Waals surface area contributed by atoms with Crippen LogP contribution in [-0.2, 0) is 4.79 Å². The molecule has 0 bridgehead atoms. The number of aromatic nitrogens is 2. The van der Waals surface area contributed by atoms with Crippen LogP contribution in [0, 0.1) is 0 Å². The molecule has 1 aromatic heterocycles. The van der Waals surface area contributed by atoms with Crippen LogP contribution in [0.4, 0.5) is 5.82 Å². The Kier molecular flexibility index (Phi) is 6.22. The van der Waals surface area contributed by atoms with Crippen LogP contribution in [0.3, 0.4) is 0 Å². The molecule has 1 aliphatic heterocycles. The number of rotatable bonds is 5. The van der Waals surface area contributed by atoms with Gasteiger partial charge in [0.15, 0.2) is 0 Å². The molecule has 0 unspecified atom stereocenters. The number of aliphatic hydroxyl groups is 1. The van der Waals surface area contributed by atoms with Gasteiger partial charge < -0.3 is 20.2 Å². The fourth-order valence-corrected chi connectivity index (χ4v) is 4.69. The molecular formula is C22H28ClN5O2. The first-order valence-electron chi connectivity index (χ1n) is 10.5. The van der Waals surface area contributed by atoms with E-state index in [-0.39, 0.29) is 17.7 Å². The van der Waals surface area contributed by atoms with Gasteiger partial charge in [-0.1, -0.05) is 30.7 Å². The Balaban J connectivity index is 1.47. The summed E-state index contributed by atoms with van der Waals surface area (Å²) in [5.74, 6) is 1.02. The molecule has 30 heavy (non-hydrogen) atoms.